The molecule has 130 valence electrons. The number of halogens is 2. The van der Waals surface area contributed by atoms with E-state index in [4.69, 9.17) is 0 Å². The average molecular weight is 347 g/mol. The van der Waals surface area contributed by atoms with E-state index in [-0.39, 0.29) is 5.91 Å². The van der Waals surface area contributed by atoms with Gasteiger partial charge >= 0.3 is 0 Å². The number of hydrogen-bond acceptors (Lipinski definition) is 4. The van der Waals surface area contributed by atoms with Gasteiger partial charge in [-0.25, -0.2) is 8.78 Å². The molecule has 0 unspecified atom stereocenters. The minimum absolute atomic E-state index is 0.0446. The fraction of sp³-hybridized carbons (Fsp3) is 0.235. The number of nitrogens with one attached hydrogen (secondary N) is 1. The van der Waals surface area contributed by atoms with Gasteiger partial charge in [0.25, 0.3) is 5.69 Å². The summed E-state index contributed by atoms with van der Waals surface area (Å²) in [6.07, 6.45) is 0.927. The molecule has 0 saturated heterocycles. The Morgan fingerprint density at radius 1 is 1.20 bits per heavy atom. The van der Waals surface area contributed by atoms with Gasteiger partial charge < -0.3 is 10.2 Å². The van der Waals surface area contributed by atoms with Gasteiger partial charge in [-0.15, -0.1) is 0 Å². The number of hydrogen-bond donors (Lipinski definition) is 1. The van der Waals surface area contributed by atoms with Crippen LogP contribution in [0.15, 0.2) is 30.3 Å². The first-order valence-electron chi connectivity index (χ1n) is 7.74. The second-order valence-electron chi connectivity index (χ2n) is 5.65. The van der Waals surface area contributed by atoms with Gasteiger partial charge in [-0.2, -0.15) is 0 Å². The summed E-state index contributed by atoms with van der Waals surface area (Å²) in [5.74, 6) is -2.05. The molecule has 1 aliphatic heterocycles. The molecule has 3 rings (SSSR count). The first kappa shape index (κ1) is 16.8. The van der Waals surface area contributed by atoms with E-state index in [2.05, 4.69) is 5.32 Å². The normalized spacial score (nSPS) is 13.6. The first-order chi connectivity index (χ1) is 11.9. The van der Waals surface area contributed by atoms with Crippen molar-refractivity contribution in [3.8, 4) is 0 Å². The van der Waals surface area contributed by atoms with E-state index in [9.17, 15) is 23.7 Å². The lowest BCUT2D eigenvalue weighted by molar-refractivity contribution is -0.385. The molecule has 1 amide bonds. The number of fused-ring (bicyclic) bond motifs is 1. The Bertz CT molecular complexity index is 847. The zero-order chi connectivity index (χ0) is 18.1. The summed E-state index contributed by atoms with van der Waals surface area (Å²) in [6.45, 7) is 2.42. The third-order valence-corrected chi connectivity index (χ3v) is 4.10. The summed E-state index contributed by atoms with van der Waals surface area (Å²) < 4.78 is 28.0. The van der Waals surface area contributed by atoms with Crippen molar-refractivity contribution in [1.29, 1.82) is 0 Å². The molecular weight excluding hydrogens is 332 g/mol. The second-order valence-corrected chi connectivity index (χ2v) is 5.65. The minimum Gasteiger partial charge on any atom is -0.351 e. The Morgan fingerprint density at radius 2 is 1.88 bits per heavy atom. The molecule has 0 aromatic heterocycles. The molecule has 0 aliphatic carbocycles. The molecule has 25 heavy (non-hydrogen) atoms. The van der Waals surface area contributed by atoms with Crippen molar-refractivity contribution in [2.45, 2.75) is 19.8 Å². The molecule has 0 saturated carbocycles. The Labute approximate surface area is 142 Å². The molecule has 0 fully saturated rings. The quantitative estimate of drug-likeness (QED) is 0.672. The van der Waals surface area contributed by atoms with Crippen LogP contribution in [-0.2, 0) is 11.2 Å². The zero-order valence-electron chi connectivity index (χ0n) is 13.4. The number of rotatable bonds is 4. The van der Waals surface area contributed by atoms with Crippen LogP contribution in [0.3, 0.4) is 0 Å². The van der Waals surface area contributed by atoms with Crippen LogP contribution in [0.5, 0.6) is 0 Å². The Kier molecular flexibility index (Phi) is 4.35. The number of aryl methyl sites for hydroxylation is 1. The number of nitro groups is 1. The fourth-order valence-corrected chi connectivity index (χ4v) is 2.91. The fourth-order valence-electron chi connectivity index (χ4n) is 2.91. The molecule has 0 bridgehead atoms. The highest BCUT2D eigenvalue weighted by Gasteiger charge is 2.23. The van der Waals surface area contributed by atoms with Crippen molar-refractivity contribution >= 4 is 28.7 Å². The number of non-ortho nitro benzene ring substituents is 1. The van der Waals surface area contributed by atoms with Crippen molar-refractivity contribution in [3.05, 3.63) is 57.6 Å². The summed E-state index contributed by atoms with van der Waals surface area (Å²) in [4.78, 5) is 23.3. The van der Waals surface area contributed by atoms with Gasteiger partial charge in [0.2, 0.25) is 5.91 Å². The number of benzene rings is 2. The number of anilines is 3. The van der Waals surface area contributed by atoms with E-state index in [0.717, 1.165) is 11.3 Å². The van der Waals surface area contributed by atoms with Crippen molar-refractivity contribution in [2.75, 3.05) is 16.8 Å². The van der Waals surface area contributed by atoms with E-state index in [1.54, 1.807) is 23.1 Å². The van der Waals surface area contributed by atoms with Crippen LogP contribution >= 0.6 is 0 Å². The van der Waals surface area contributed by atoms with Crippen molar-refractivity contribution in [3.63, 3.8) is 0 Å². The summed E-state index contributed by atoms with van der Waals surface area (Å²) >= 11 is 0. The van der Waals surface area contributed by atoms with Gasteiger partial charge in [0.15, 0.2) is 11.6 Å². The SMILES string of the molecule is CCN1C(=O)CCc2cc(Nc3c(F)cc([N+](=O)[O-])cc3F)ccc21. The molecule has 2 aromatic rings. The second kappa shape index (κ2) is 6.46. The van der Waals surface area contributed by atoms with Crippen molar-refractivity contribution in [1.82, 2.24) is 0 Å². The molecule has 0 radical (unpaired) electrons. The average Bonchev–Trinajstić information content (AvgIpc) is 2.57. The summed E-state index contributed by atoms with van der Waals surface area (Å²) in [7, 11) is 0. The van der Waals surface area contributed by atoms with Crippen LogP contribution < -0.4 is 10.2 Å². The highest BCUT2D eigenvalue weighted by Crippen LogP contribution is 2.33. The number of carbonyl (C=O) groups is 1. The minimum atomic E-state index is -1.05. The summed E-state index contributed by atoms with van der Waals surface area (Å²) in [6, 6.07) is 6.40. The van der Waals surface area contributed by atoms with E-state index in [1.165, 1.54) is 0 Å². The molecule has 6 nitrogen and oxygen atoms in total. The zero-order valence-corrected chi connectivity index (χ0v) is 13.4. The lowest BCUT2D eigenvalue weighted by Gasteiger charge is -2.28. The van der Waals surface area contributed by atoms with Crippen LogP contribution in [-0.4, -0.2) is 17.4 Å². The molecule has 0 spiro atoms. The van der Waals surface area contributed by atoms with E-state index < -0.39 is 27.9 Å². The molecule has 1 heterocycles. The van der Waals surface area contributed by atoms with Crippen LogP contribution in [0.25, 0.3) is 0 Å². The van der Waals surface area contributed by atoms with Crippen molar-refractivity contribution < 1.29 is 18.5 Å². The lowest BCUT2D eigenvalue weighted by atomic mass is 10.0. The Balaban J connectivity index is 1.93. The summed E-state index contributed by atoms with van der Waals surface area (Å²) in [5, 5.41) is 13.3. The largest absolute Gasteiger partial charge is 0.351 e. The molecule has 8 heteroatoms. The smallest absolute Gasteiger partial charge is 0.275 e. The van der Waals surface area contributed by atoms with E-state index in [0.29, 0.717) is 37.2 Å². The van der Waals surface area contributed by atoms with Crippen LogP contribution in [0, 0.1) is 21.7 Å². The topological polar surface area (TPSA) is 75.5 Å². The van der Waals surface area contributed by atoms with E-state index in [1.807, 2.05) is 6.92 Å². The van der Waals surface area contributed by atoms with Gasteiger partial charge in [0.05, 0.1) is 17.1 Å². The molecule has 0 atom stereocenters. The summed E-state index contributed by atoms with van der Waals surface area (Å²) in [5.41, 5.74) is 1.02. The molecule has 1 N–H and O–H groups in total. The maximum Gasteiger partial charge on any atom is 0.275 e. The Morgan fingerprint density at radius 3 is 2.48 bits per heavy atom. The van der Waals surface area contributed by atoms with Crippen molar-refractivity contribution in [2.24, 2.45) is 0 Å². The number of amides is 1. The van der Waals surface area contributed by atoms with Crippen LogP contribution in [0.4, 0.5) is 31.5 Å². The molecule has 2 aromatic carbocycles. The Hall–Kier alpha value is -3.03. The van der Waals surface area contributed by atoms with Gasteiger partial charge in [0, 0.05) is 24.3 Å². The third-order valence-electron chi connectivity index (χ3n) is 4.10. The lowest BCUT2D eigenvalue weighted by Crippen LogP contribution is -2.34. The maximum atomic E-state index is 14.0. The van der Waals surface area contributed by atoms with Crippen LogP contribution in [0.1, 0.15) is 18.9 Å². The van der Waals surface area contributed by atoms with Gasteiger partial charge in [-0.05, 0) is 37.1 Å². The van der Waals surface area contributed by atoms with Gasteiger partial charge in [-0.3, -0.25) is 14.9 Å². The molecular formula is C17H15F2N3O3. The van der Waals surface area contributed by atoms with E-state index >= 15 is 0 Å². The van der Waals surface area contributed by atoms with Gasteiger partial charge in [0.1, 0.15) is 5.69 Å². The van der Waals surface area contributed by atoms with Gasteiger partial charge in [-0.1, -0.05) is 0 Å². The number of nitro benzene ring substituents is 1. The predicted molar refractivity (Wildman–Crippen MR) is 89.1 cm³/mol. The third kappa shape index (κ3) is 3.15. The highest BCUT2D eigenvalue weighted by molar-refractivity contribution is 5.96. The first-order valence-corrected chi connectivity index (χ1v) is 7.74. The standard InChI is InChI=1S/C17H15F2N3O3/c1-2-21-15-5-4-11(7-10(15)3-6-16(21)23)20-17-13(18)8-12(22(24)25)9-14(17)19/h4-5,7-9,20H,2-3,6H2,1H3. The van der Waals surface area contributed by atoms with Crippen LogP contribution in [0.2, 0.25) is 0 Å². The predicted octanol–water partition coefficient (Wildman–Crippen LogP) is 3.92. The monoisotopic (exact) mass is 347 g/mol. The molecule has 1 aliphatic rings. The highest BCUT2D eigenvalue weighted by atomic mass is 19.1. The number of carbonyl (C=O) groups excluding carboxylic acids is 1. The maximum absolute atomic E-state index is 14.0. The number of nitrogens with zero attached hydrogens (tertiary/aromatic N) is 2.